The third-order valence-electron chi connectivity index (χ3n) is 1.43. The van der Waals surface area contributed by atoms with Gasteiger partial charge in [0.1, 0.15) is 5.72 Å². The molecule has 0 rings (SSSR count). The highest BCUT2D eigenvalue weighted by Gasteiger charge is 2.27. The lowest BCUT2D eigenvalue weighted by Gasteiger charge is -2.30. The Balaban J connectivity index is 4.37. The van der Waals surface area contributed by atoms with Crippen molar-refractivity contribution >= 4 is 11.9 Å². The van der Waals surface area contributed by atoms with E-state index in [1.807, 2.05) is 0 Å². The Hall–Kier alpha value is -1.14. The summed E-state index contributed by atoms with van der Waals surface area (Å²) in [4.78, 5) is 21.5. The lowest BCUT2D eigenvalue weighted by atomic mass is 10.2. The molecular formula is C7H13NO5. The summed E-state index contributed by atoms with van der Waals surface area (Å²) in [6, 6.07) is 0. The van der Waals surface area contributed by atoms with Crippen LogP contribution in [-0.4, -0.2) is 51.0 Å². The van der Waals surface area contributed by atoms with Crippen LogP contribution in [0, 0.1) is 0 Å². The van der Waals surface area contributed by atoms with Crippen LogP contribution in [-0.2, 0) is 9.59 Å². The number of aliphatic hydroxyl groups is 1. The quantitative estimate of drug-likeness (QED) is 0.491. The fourth-order valence-corrected chi connectivity index (χ4v) is 0.769. The topological polar surface area (TPSA) is 98.1 Å². The Morgan fingerprint density at radius 3 is 1.62 bits per heavy atom. The van der Waals surface area contributed by atoms with E-state index in [0.29, 0.717) is 0 Å². The largest absolute Gasteiger partial charge is 0.480 e. The van der Waals surface area contributed by atoms with Gasteiger partial charge in [0.25, 0.3) is 0 Å². The van der Waals surface area contributed by atoms with Crippen molar-refractivity contribution in [2.24, 2.45) is 0 Å². The molecule has 0 aromatic rings. The van der Waals surface area contributed by atoms with Crippen LogP contribution in [0.2, 0.25) is 0 Å². The molecule has 13 heavy (non-hydrogen) atoms. The third-order valence-corrected chi connectivity index (χ3v) is 1.43. The minimum atomic E-state index is -1.45. The summed E-state index contributed by atoms with van der Waals surface area (Å²) in [5, 5.41) is 26.2. The van der Waals surface area contributed by atoms with Crippen LogP contribution in [0.3, 0.4) is 0 Å². The molecule has 0 amide bonds. The van der Waals surface area contributed by atoms with E-state index in [0.717, 1.165) is 4.90 Å². The summed E-state index contributed by atoms with van der Waals surface area (Å²) >= 11 is 0. The molecule has 0 spiro atoms. The number of rotatable bonds is 5. The van der Waals surface area contributed by atoms with Gasteiger partial charge < -0.3 is 15.3 Å². The van der Waals surface area contributed by atoms with Gasteiger partial charge in [-0.3, -0.25) is 14.5 Å². The molecule has 0 unspecified atom stereocenters. The molecule has 6 nitrogen and oxygen atoms in total. The third kappa shape index (κ3) is 5.15. The SMILES string of the molecule is CC(C)(O)N(CC(=O)O)CC(=O)O. The van der Waals surface area contributed by atoms with Crippen LogP contribution in [0.25, 0.3) is 0 Å². The van der Waals surface area contributed by atoms with E-state index in [1.54, 1.807) is 0 Å². The normalized spacial score (nSPS) is 11.7. The number of hydrogen-bond acceptors (Lipinski definition) is 4. The summed E-state index contributed by atoms with van der Waals surface area (Å²) < 4.78 is 0. The number of carboxylic acids is 2. The molecule has 0 aliphatic carbocycles. The van der Waals surface area contributed by atoms with E-state index in [4.69, 9.17) is 10.2 Å². The Morgan fingerprint density at radius 2 is 1.46 bits per heavy atom. The Morgan fingerprint density at radius 1 is 1.15 bits per heavy atom. The fraction of sp³-hybridized carbons (Fsp3) is 0.714. The standard InChI is InChI=1S/C7H13NO5/c1-7(2,13)8(3-5(9)10)4-6(11)12/h13H,3-4H2,1-2H3,(H,9,10)(H,11,12). The zero-order valence-electron chi connectivity index (χ0n) is 7.52. The van der Waals surface area contributed by atoms with Crippen molar-refractivity contribution in [1.29, 1.82) is 0 Å². The summed E-state index contributed by atoms with van der Waals surface area (Å²) in [5.41, 5.74) is -1.45. The van der Waals surface area contributed by atoms with Crippen LogP contribution >= 0.6 is 0 Å². The van der Waals surface area contributed by atoms with Crippen molar-refractivity contribution in [3.63, 3.8) is 0 Å². The van der Waals surface area contributed by atoms with Gasteiger partial charge in [-0.2, -0.15) is 0 Å². The van der Waals surface area contributed by atoms with Crippen molar-refractivity contribution in [3.05, 3.63) is 0 Å². The molecule has 0 aliphatic heterocycles. The molecule has 3 N–H and O–H groups in total. The molecule has 6 heteroatoms. The maximum Gasteiger partial charge on any atom is 0.317 e. The van der Waals surface area contributed by atoms with E-state index in [-0.39, 0.29) is 0 Å². The Kier molecular flexibility index (Phi) is 3.83. The molecule has 0 radical (unpaired) electrons. The van der Waals surface area contributed by atoms with Crippen LogP contribution in [0.4, 0.5) is 0 Å². The van der Waals surface area contributed by atoms with Crippen molar-refractivity contribution in [2.45, 2.75) is 19.6 Å². The predicted molar refractivity (Wildman–Crippen MR) is 43.1 cm³/mol. The van der Waals surface area contributed by atoms with Gasteiger partial charge in [0.15, 0.2) is 0 Å². The Labute approximate surface area is 75.4 Å². The first-order chi connectivity index (χ1) is 5.73. The summed E-state index contributed by atoms with van der Waals surface area (Å²) in [6.07, 6.45) is 0. The predicted octanol–water partition coefficient (Wildman–Crippen LogP) is -0.814. The number of hydrogen-bond donors (Lipinski definition) is 3. The van der Waals surface area contributed by atoms with E-state index in [1.165, 1.54) is 13.8 Å². The smallest absolute Gasteiger partial charge is 0.317 e. The Bertz CT molecular complexity index is 191. The highest BCUT2D eigenvalue weighted by Crippen LogP contribution is 2.08. The molecule has 0 saturated carbocycles. The van der Waals surface area contributed by atoms with Gasteiger partial charge >= 0.3 is 11.9 Å². The van der Waals surface area contributed by atoms with Crippen LogP contribution < -0.4 is 0 Å². The van der Waals surface area contributed by atoms with E-state index >= 15 is 0 Å². The average Bonchev–Trinajstić information content (AvgIpc) is 1.81. The summed E-state index contributed by atoms with van der Waals surface area (Å²) in [5.74, 6) is -2.35. The van der Waals surface area contributed by atoms with E-state index in [9.17, 15) is 14.7 Å². The fourth-order valence-electron chi connectivity index (χ4n) is 0.769. The van der Waals surface area contributed by atoms with Gasteiger partial charge in [-0.15, -0.1) is 0 Å². The van der Waals surface area contributed by atoms with Crippen LogP contribution in [0.15, 0.2) is 0 Å². The highest BCUT2D eigenvalue weighted by molar-refractivity contribution is 5.72. The van der Waals surface area contributed by atoms with E-state index < -0.39 is 30.8 Å². The first-order valence-electron chi connectivity index (χ1n) is 3.64. The molecule has 0 aliphatic rings. The average molecular weight is 191 g/mol. The zero-order valence-corrected chi connectivity index (χ0v) is 7.52. The molecule has 0 fully saturated rings. The monoisotopic (exact) mass is 191 g/mol. The van der Waals surface area contributed by atoms with Gasteiger partial charge in [0.05, 0.1) is 13.1 Å². The molecule has 0 bridgehead atoms. The first-order valence-corrected chi connectivity index (χ1v) is 3.64. The van der Waals surface area contributed by atoms with Gasteiger partial charge in [-0.1, -0.05) is 0 Å². The molecule has 0 aromatic carbocycles. The van der Waals surface area contributed by atoms with Crippen LogP contribution in [0.5, 0.6) is 0 Å². The maximum absolute atomic E-state index is 10.3. The van der Waals surface area contributed by atoms with E-state index in [2.05, 4.69) is 0 Å². The lowest BCUT2D eigenvalue weighted by Crippen LogP contribution is -2.48. The van der Waals surface area contributed by atoms with Gasteiger partial charge in [-0.25, -0.2) is 0 Å². The zero-order chi connectivity index (χ0) is 10.6. The molecule has 0 saturated heterocycles. The van der Waals surface area contributed by atoms with Gasteiger partial charge in [0.2, 0.25) is 0 Å². The number of aliphatic carboxylic acids is 2. The lowest BCUT2D eigenvalue weighted by molar-refractivity contribution is -0.154. The van der Waals surface area contributed by atoms with Crippen molar-refractivity contribution in [2.75, 3.05) is 13.1 Å². The highest BCUT2D eigenvalue weighted by atomic mass is 16.4. The van der Waals surface area contributed by atoms with Gasteiger partial charge in [0, 0.05) is 0 Å². The summed E-state index contributed by atoms with van der Waals surface area (Å²) in [6.45, 7) is 1.66. The maximum atomic E-state index is 10.3. The molecular weight excluding hydrogens is 178 g/mol. The second kappa shape index (κ2) is 4.20. The minimum absolute atomic E-state index is 0.504. The van der Waals surface area contributed by atoms with Gasteiger partial charge in [-0.05, 0) is 13.8 Å². The number of nitrogens with zero attached hydrogens (tertiary/aromatic N) is 1. The molecule has 0 heterocycles. The minimum Gasteiger partial charge on any atom is -0.480 e. The number of carbonyl (C=O) groups is 2. The summed E-state index contributed by atoms with van der Waals surface area (Å²) in [7, 11) is 0. The second-order valence-electron chi connectivity index (χ2n) is 3.14. The molecule has 76 valence electrons. The first kappa shape index (κ1) is 11.9. The van der Waals surface area contributed by atoms with Crippen molar-refractivity contribution in [3.8, 4) is 0 Å². The second-order valence-corrected chi connectivity index (χ2v) is 3.14. The van der Waals surface area contributed by atoms with Crippen LogP contribution in [0.1, 0.15) is 13.8 Å². The molecule has 0 aromatic heterocycles. The molecule has 0 atom stereocenters. The van der Waals surface area contributed by atoms with Crippen molar-refractivity contribution < 1.29 is 24.9 Å². The number of carboxylic acid groups (broad SMARTS) is 2. The van der Waals surface area contributed by atoms with Crippen molar-refractivity contribution in [1.82, 2.24) is 4.90 Å².